The number of nitrogens with zero attached hydrogens (tertiary/aromatic N) is 2. The Bertz CT molecular complexity index is 717. The van der Waals surface area contributed by atoms with Crippen LogP contribution in [-0.2, 0) is 14.8 Å². The second-order valence-corrected chi connectivity index (χ2v) is 8.13. The zero-order chi connectivity index (χ0) is 17.6. The van der Waals surface area contributed by atoms with Gasteiger partial charge in [0.1, 0.15) is 0 Å². The van der Waals surface area contributed by atoms with Crippen molar-refractivity contribution in [1.82, 2.24) is 4.31 Å². The molecule has 0 aromatic heterocycles. The van der Waals surface area contributed by atoms with Crippen LogP contribution in [0.3, 0.4) is 0 Å². The number of carbonyl (C=O) groups is 1. The van der Waals surface area contributed by atoms with Crippen LogP contribution < -0.4 is 5.32 Å². The molecule has 1 saturated carbocycles. The summed E-state index contributed by atoms with van der Waals surface area (Å²) in [7, 11) is -3.46. The molecule has 1 aliphatic carbocycles. The highest BCUT2D eigenvalue weighted by Gasteiger charge is 2.29. The van der Waals surface area contributed by atoms with Crippen LogP contribution in [0.1, 0.15) is 44.1 Å². The summed E-state index contributed by atoms with van der Waals surface area (Å²) in [4.78, 5) is 12.3. The molecule has 2 rings (SSSR count). The molecule has 0 heterocycles. The number of hydrogen-bond acceptors (Lipinski definition) is 4. The maximum atomic E-state index is 12.3. The van der Waals surface area contributed by atoms with Crippen molar-refractivity contribution in [3.63, 3.8) is 0 Å². The Morgan fingerprint density at radius 2 is 1.96 bits per heavy atom. The summed E-state index contributed by atoms with van der Waals surface area (Å²) in [5, 5.41) is 11.6. The summed E-state index contributed by atoms with van der Waals surface area (Å²) in [6.45, 7) is -0.194. The predicted molar refractivity (Wildman–Crippen MR) is 92.8 cm³/mol. The van der Waals surface area contributed by atoms with Gasteiger partial charge >= 0.3 is 0 Å². The quantitative estimate of drug-likeness (QED) is 0.827. The van der Waals surface area contributed by atoms with Crippen molar-refractivity contribution in [2.24, 2.45) is 0 Å². The summed E-state index contributed by atoms with van der Waals surface area (Å²) in [5.74, 6) is -0.389. The second-order valence-electron chi connectivity index (χ2n) is 6.19. The van der Waals surface area contributed by atoms with Crippen LogP contribution in [0.5, 0.6) is 0 Å². The number of anilines is 1. The fourth-order valence-electron chi connectivity index (χ4n) is 3.07. The molecule has 130 valence electrons. The van der Waals surface area contributed by atoms with E-state index in [0.29, 0.717) is 11.3 Å². The first kappa shape index (κ1) is 18.4. The van der Waals surface area contributed by atoms with E-state index in [1.807, 2.05) is 6.07 Å². The van der Waals surface area contributed by atoms with Crippen LogP contribution in [0.25, 0.3) is 0 Å². The lowest BCUT2D eigenvalue weighted by molar-refractivity contribution is -0.116. The van der Waals surface area contributed by atoms with Gasteiger partial charge in [-0.3, -0.25) is 4.79 Å². The Labute approximate surface area is 143 Å². The molecule has 0 spiro atoms. The number of hydrogen-bond donors (Lipinski definition) is 1. The minimum absolute atomic E-state index is 0.112. The van der Waals surface area contributed by atoms with Gasteiger partial charge in [-0.15, -0.1) is 0 Å². The molecule has 24 heavy (non-hydrogen) atoms. The fourth-order valence-corrected chi connectivity index (χ4v) is 4.18. The summed E-state index contributed by atoms with van der Waals surface area (Å²) in [6.07, 6.45) is 6.95. The van der Waals surface area contributed by atoms with Crippen molar-refractivity contribution in [2.45, 2.75) is 44.6 Å². The topological polar surface area (TPSA) is 90.3 Å². The number of benzene rings is 1. The molecule has 1 fully saturated rings. The van der Waals surface area contributed by atoms with Gasteiger partial charge in [0.2, 0.25) is 15.9 Å². The van der Waals surface area contributed by atoms with Crippen molar-refractivity contribution in [3.8, 4) is 6.07 Å². The molecular weight excluding hydrogens is 326 g/mol. The van der Waals surface area contributed by atoms with E-state index in [1.54, 1.807) is 24.3 Å². The lowest BCUT2D eigenvalue weighted by atomic mass is 10.1. The third kappa shape index (κ3) is 5.32. The van der Waals surface area contributed by atoms with Crippen molar-refractivity contribution in [3.05, 3.63) is 29.8 Å². The molecule has 1 N–H and O–H groups in total. The smallest absolute Gasteiger partial charge is 0.239 e. The number of nitrogens with one attached hydrogen (secondary N) is 1. The van der Waals surface area contributed by atoms with Gasteiger partial charge in [0.25, 0.3) is 0 Å². The average Bonchev–Trinajstić information content (AvgIpc) is 2.80. The van der Waals surface area contributed by atoms with Crippen molar-refractivity contribution in [1.29, 1.82) is 5.26 Å². The highest BCUT2D eigenvalue weighted by atomic mass is 32.2. The Balaban J connectivity index is 2.08. The van der Waals surface area contributed by atoms with E-state index < -0.39 is 10.0 Å². The van der Waals surface area contributed by atoms with E-state index in [0.717, 1.165) is 44.8 Å². The Kier molecular flexibility index (Phi) is 6.35. The SMILES string of the molecule is CS(=O)(=O)N(CC(=O)Nc1cccc(C#N)c1)C1CCCCCC1. The predicted octanol–water partition coefficient (Wildman–Crippen LogP) is 2.48. The Morgan fingerprint density at radius 3 is 2.54 bits per heavy atom. The summed E-state index contributed by atoms with van der Waals surface area (Å²) in [5.41, 5.74) is 0.935. The molecule has 1 aromatic carbocycles. The molecule has 0 radical (unpaired) electrons. The van der Waals surface area contributed by atoms with E-state index in [2.05, 4.69) is 5.32 Å². The molecule has 1 amide bonds. The van der Waals surface area contributed by atoms with Gasteiger partial charge in [-0.2, -0.15) is 9.57 Å². The van der Waals surface area contributed by atoms with Gasteiger partial charge in [0, 0.05) is 11.7 Å². The van der Waals surface area contributed by atoms with Crippen LogP contribution in [-0.4, -0.2) is 37.5 Å². The van der Waals surface area contributed by atoms with Crippen LogP contribution in [0.4, 0.5) is 5.69 Å². The van der Waals surface area contributed by atoms with Crippen LogP contribution >= 0.6 is 0 Å². The molecule has 1 aromatic rings. The molecule has 6 nitrogen and oxygen atoms in total. The second kappa shape index (κ2) is 8.27. The monoisotopic (exact) mass is 349 g/mol. The van der Waals surface area contributed by atoms with E-state index >= 15 is 0 Å². The molecule has 1 aliphatic rings. The van der Waals surface area contributed by atoms with Gasteiger partial charge in [0.15, 0.2) is 0 Å². The molecule has 0 bridgehead atoms. The summed E-state index contributed by atoms with van der Waals surface area (Å²) in [6, 6.07) is 8.45. The minimum Gasteiger partial charge on any atom is -0.325 e. The number of nitriles is 1. The van der Waals surface area contributed by atoms with E-state index in [-0.39, 0.29) is 18.5 Å². The van der Waals surface area contributed by atoms with Gasteiger partial charge in [0.05, 0.1) is 24.4 Å². The van der Waals surface area contributed by atoms with E-state index in [4.69, 9.17) is 5.26 Å². The highest BCUT2D eigenvalue weighted by molar-refractivity contribution is 7.88. The van der Waals surface area contributed by atoms with Gasteiger partial charge in [-0.05, 0) is 31.0 Å². The number of amides is 1. The number of carbonyl (C=O) groups excluding carboxylic acids is 1. The minimum atomic E-state index is -3.46. The lowest BCUT2D eigenvalue weighted by Crippen LogP contribution is -2.44. The molecular formula is C17H23N3O3S. The Morgan fingerprint density at radius 1 is 1.29 bits per heavy atom. The third-order valence-electron chi connectivity index (χ3n) is 4.23. The Hall–Kier alpha value is -1.91. The van der Waals surface area contributed by atoms with Crippen molar-refractivity contribution >= 4 is 21.6 Å². The average molecular weight is 349 g/mol. The van der Waals surface area contributed by atoms with Gasteiger partial charge in [-0.1, -0.05) is 31.7 Å². The van der Waals surface area contributed by atoms with Gasteiger partial charge < -0.3 is 5.32 Å². The summed E-state index contributed by atoms with van der Waals surface area (Å²) >= 11 is 0. The molecule has 7 heteroatoms. The van der Waals surface area contributed by atoms with Crippen LogP contribution in [0.15, 0.2) is 24.3 Å². The zero-order valence-corrected chi connectivity index (χ0v) is 14.7. The fraction of sp³-hybridized carbons (Fsp3) is 0.529. The van der Waals surface area contributed by atoms with Crippen LogP contribution in [0.2, 0.25) is 0 Å². The van der Waals surface area contributed by atoms with E-state index in [1.165, 1.54) is 4.31 Å². The largest absolute Gasteiger partial charge is 0.325 e. The molecule has 0 saturated heterocycles. The van der Waals surface area contributed by atoms with E-state index in [9.17, 15) is 13.2 Å². The zero-order valence-electron chi connectivity index (χ0n) is 13.9. The maximum Gasteiger partial charge on any atom is 0.239 e. The standard InChI is InChI=1S/C17H23N3O3S/c1-24(22,23)20(16-9-4-2-3-5-10-16)13-17(21)19-15-8-6-7-14(11-15)12-18/h6-8,11,16H,2-5,9-10,13H2,1H3,(H,19,21). The van der Waals surface area contributed by atoms with Gasteiger partial charge in [-0.25, -0.2) is 8.42 Å². The molecule has 0 atom stereocenters. The summed E-state index contributed by atoms with van der Waals surface area (Å²) < 4.78 is 25.6. The van der Waals surface area contributed by atoms with Crippen LogP contribution in [0, 0.1) is 11.3 Å². The number of sulfonamides is 1. The first-order valence-electron chi connectivity index (χ1n) is 8.17. The molecule has 0 aliphatic heterocycles. The maximum absolute atomic E-state index is 12.3. The number of rotatable bonds is 5. The van der Waals surface area contributed by atoms with Crippen molar-refractivity contribution < 1.29 is 13.2 Å². The first-order chi connectivity index (χ1) is 11.4. The highest BCUT2D eigenvalue weighted by Crippen LogP contribution is 2.23. The third-order valence-corrected chi connectivity index (χ3v) is 5.51. The normalized spacial score (nSPS) is 16.4. The lowest BCUT2D eigenvalue weighted by Gasteiger charge is -2.28. The van der Waals surface area contributed by atoms with Crippen molar-refractivity contribution in [2.75, 3.05) is 18.1 Å². The first-order valence-corrected chi connectivity index (χ1v) is 10.0. The molecule has 0 unspecified atom stereocenters.